The van der Waals surface area contributed by atoms with E-state index >= 15 is 0 Å². The third-order valence-corrected chi connectivity index (χ3v) is 7.29. The second kappa shape index (κ2) is 8.26. The van der Waals surface area contributed by atoms with Crippen LogP contribution in [0.5, 0.6) is 0 Å². The summed E-state index contributed by atoms with van der Waals surface area (Å²) in [6, 6.07) is 42.8. The van der Waals surface area contributed by atoms with Crippen LogP contribution >= 0.6 is 0 Å². The third-order valence-electron chi connectivity index (χ3n) is 7.29. The van der Waals surface area contributed by atoms with Crippen molar-refractivity contribution in [3.63, 3.8) is 0 Å². The van der Waals surface area contributed by atoms with Crippen LogP contribution in [0.4, 0.5) is 11.4 Å². The molecule has 0 spiro atoms. The molecule has 2 N–H and O–H groups in total. The Kier molecular flexibility index (Phi) is 5.05. The number of rotatable bonds is 4. The number of fused-ring (bicyclic) bond motifs is 3. The lowest BCUT2D eigenvalue weighted by Crippen LogP contribution is -2.26. The maximum absolute atomic E-state index is 6.86. The van der Waals surface area contributed by atoms with Gasteiger partial charge in [0.25, 0.3) is 0 Å². The van der Waals surface area contributed by atoms with E-state index in [0.29, 0.717) is 0 Å². The molecular formula is C33H28N2. The molecular weight excluding hydrogens is 424 g/mol. The van der Waals surface area contributed by atoms with Crippen LogP contribution in [0.15, 0.2) is 121 Å². The molecule has 0 saturated heterocycles. The molecule has 35 heavy (non-hydrogen) atoms. The molecule has 0 unspecified atom stereocenters. The van der Waals surface area contributed by atoms with E-state index in [1.165, 1.54) is 33.4 Å². The molecule has 6 rings (SSSR count). The van der Waals surface area contributed by atoms with Crippen LogP contribution in [0.25, 0.3) is 33.4 Å². The Balaban J connectivity index is 1.47. The van der Waals surface area contributed by atoms with Crippen molar-refractivity contribution in [2.45, 2.75) is 19.3 Å². The Morgan fingerprint density at radius 1 is 0.514 bits per heavy atom. The summed E-state index contributed by atoms with van der Waals surface area (Å²) < 4.78 is 0. The second-order valence-corrected chi connectivity index (χ2v) is 9.73. The van der Waals surface area contributed by atoms with E-state index in [4.69, 9.17) is 5.84 Å². The molecule has 1 aliphatic rings. The quantitative estimate of drug-likeness (QED) is 0.219. The smallest absolute Gasteiger partial charge is 0.0654 e. The van der Waals surface area contributed by atoms with Gasteiger partial charge in [-0.1, -0.05) is 111 Å². The fraction of sp³-hybridized carbons (Fsp3) is 0.0909. The SMILES string of the molecule is CC1(C)c2ccccc2-c2ccc(N(N)c3ccc(-c4ccccc4)cc3-c3ccccc3)cc21. The van der Waals surface area contributed by atoms with Crippen LogP contribution in [0.3, 0.4) is 0 Å². The van der Waals surface area contributed by atoms with Crippen LogP contribution < -0.4 is 10.9 Å². The lowest BCUT2D eigenvalue weighted by molar-refractivity contribution is 0.660. The molecule has 0 heterocycles. The van der Waals surface area contributed by atoms with Crippen molar-refractivity contribution in [1.29, 1.82) is 0 Å². The number of hydrazine groups is 1. The van der Waals surface area contributed by atoms with Crippen molar-refractivity contribution in [3.8, 4) is 33.4 Å². The largest absolute Gasteiger partial charge is 0.279 e. The highest BCUT2D eigenvalue weighted by Crippen LogP contribution is 2.50. The van der Waals surface area contributed by atoms with Crippen LogP contribution in [0.2, 0.25) is 0 Å². The van der Waals surface area contributed by atoms with Gasteiger partial charge in [0, 0.05) is 11.0 Å². The molecule has 0 aromatic heterocycles. The monoisotopic (exact) mass is 452 g/mol. The number of hydrogen-bond acceptors (Lipinski definition) is 2. The van der Waals surface area contributed by atoms with Gasteiger partial charge in [0.1, 0.15) is 0 Å². The average Bonchev–Trinajstić information content (AvgIpc) is 3.15. The molecule has 2 nitrogen and oxygen atoms in total. The summed E-state index contributed by atoms with van der Waals surface area (Å²) in [6.07, 6.45) is 0. The summed E-state index contributed by atoms with van der Waals surface area (Å²) in [5.41, 5.74) is 11.8. The molecule has 0 aliphatic heterocycles. The molecule has 0 saturated carbocycles. The fourth-order valence-electron chi connectivity index (χ4n) is 5.39. The highest BCUT2D eigenvalue weighted by molar-refractivity contribution is 5.88. The van der Waals surface area contributed by atoms with E-state index in [2.05, 4.69) is 123 Å². The first-order chi connectivity index (χ1) is 17.0. The molecule has 170 valence electrons. The van der Waals surface area contributed by atoms with Crippen molar-refractivity contribution in [1.82, 2.24) is 0 Å². The van der Waals surface area contributed by atoms with E-state index in [1.54, 1.807) is 0 Å². The van der Waals surface area contributed by atoms with Crippen molar-refractivity contribution in [3.05, 3.63) is 132 Å². The second-order valence-electron chi connectivity index (χ2n) is 9.73. The molecule has 0 fully saturated rings. The van der Waals surface area contributed by atoms with Gasteiger partial charge >= 0.3 is 0 Å². The Morgan fingerprint density at radius 2 is 1.14 bits per heavy atom. The lowest BCUT2D eigenvalue weighted by Gasteiger charge is -2.26. The predicted octanol–water partition coefficient (Wildman–Crippen LogP) is 8.34. The summed E-state index contributed by atoms with van der Waals surface area (Å²) in [6.45, 7) is 4.60. The van der Waals surface area contributed by atoms with E-state index in [0.717, 1.165) is 22.5 Å². The Bertz CT molecular complexity index is 1520. The summed E-state index contributed by atoms with van der Waals surface area (Å²) in [5.74, 6) is 6.86. The summed E-state index contributed by atoms with van der Waals surface area (Å²) in [5, 5.41) is 1.83. The van der Waals surface area contributed by atoms with Crippen LogP contribution in [-0.2, 0) is 5.41 Å². The number of nitrogens with zero attached hydrogens (tertiary/aromatic N) is 1. The first-order valence-electron chi connectivity index (χ1n) is 12.1. The van der Waals surface area contributed by atoms with Gasteiger partial charge in [0.15, 0.2) is 0 Å². The normalized spacial score (nSPS) is 13.2. The lowest BCUT2D eigenvalue weighted by atomic mass is 9.82. The maximum atomic E-state index is 6.86. The van der Waals surface area contributed by atoms with Crippen LogP contribution in [-0.4, -0.2) is 0 Å². The van der Waals surface area contributed by atoms with Crippen LogP contribution in [0.1, 0.15) is 25.0 Å². The van der Waals surface area contributed by atoms with Crippen molar-refractivity contribution in [2.75, 3.05) is 5.01 Å². The Morgan fingerprint density at radius 3 is 1.89 bits per heavy atom. The Labute approximate surface area is 207 Å². The van der Waals surface area contributed by atoms with Gasteiger partial charge in [-0.25, -0.2) is 5.84 Å². The topological polar surface area (TPSA) is 29.3 Å². The van der Waals surface area contributed by atoms with Gasteiger partial charge in [-0.05, 0) is 63.2 Å². The van der Waals surface area contributed by atoms with Crippen LogP contribution in [0, 0.1) is 0 Å². The zero-order chi connectivity index (χ0) is 24.0. The highest BCUT2D eigenvalue weighted by Gasteiger charge is 2.35. The molecule has 1 aliphatic carbocycles. The molecule has 0 radical (unpaired) electrons. The number of benzene rings is 5. The number of anilines is 2. The first-order valence-corrected chi connectivity index (χ1v) is 12.1. The van der Waals surface area contributed by atoms with Gasteiger partial charge in [-0.3, -0.25) is 5.01 Å². The van der Waals surface area contributed by atoms with Gasteiger partial charge in [-0.15, -0.1) is 0 Å². The molecule has 5 aromatic rings. The maximum Gasteiger partial charge on any atom is 0.0654 e. The van der Waals surface area contributed by atoms with Gasteiger partial charge in [-0.2, -0.15) is 0 Å². The highest BCUT2D eigenvalue weighted by atomic mass is 15.4. The van der Waals surface area contributed by atoms with E-state index in [-0.39, 0.29) is 5.41 Å². The number of nitrogens with two attached hydrogens (primary N) is 1. The zero-order valence-electron chi connectivity index (χ0n) is 20.1. The molecule has 5 aromatic carbocycles. The summed E-state index contributed by atoms with van der Waals surface area (Å²) in [4.78, 5) is 0. The summed E-state index contributed by atoms with van der Waals surface area (Å²) >= 11 is 0. The van der Waals surface area contributed by atoms with E-state index in [9.17, 15) is 0 Å². The molecule has 0 amide bonds. The minimum Gasteiger partial charge on any atom is -0.279 e. The summed E-state index contributed by atoms with van der Waals surface area (Å²) in [7, 11) is 0. The Hall–Kier alpha value is -4.14. The number of hydrogen-bond donors (Lipinski definition) is 1. The third kappa shape index (κ3) is 3.54. The van der Waals surface area contributed by atoms with Gasteiger partial charge in [0.05, 0.1) is 11.4 Å². The minimum absolute atomic E-state index is 0.0673. The first kappa shape index (κ1) is 21.4. The van der Waals surface area contributed by atoms with Crippen molar-refractivity contribution < 1.29 is 0 Å². The fourth-order valence-corrected chi connectivity index (χ4v) is 5.39. The minimum atomic E-state index is -0.0673. The zero-order valence-corrected chi connectivity index (χ0v) is 20.1. The predicted molar refractivity (Wildman–Crippen MR) is 148 cm³/mol. The standard InChI is InChI=1S/C33H28N2/c1-33(2)30-16-10-9-15-27(30)28-19-18-26(22-31(28)33)35(34)32-20-17-25(23-11-5-3-6-12-23)21-29(32)24-13-7-4-8-14-24/h3-22H,34H2,1-2H3. The molecule has 0 bridgehead atoms. The molecule has 0 atom stereocenters. The van der Waals surface area contributed by atoms with Gasteiger partial charge < -0.3 is 0 Å². The van der Waals surface area contributed by atoms with Crippen molar-refractivity contribution in [2.24, 2.45) is 5.84 Å². The van der Waals surface area contributed by atoms with E-state index < -0.39 is 0 Å². The van der Waals surface area contributed by atoms with E-state index in [1.807, 2.05) is 17.1 Å². The average molecular weight is 453 g/mol. The van der Waals surface area contributed by atoms with Gasteiger partial charge in [0.2, 0.25) is 0 Å². The molecule has 2 heteroatoms. The van der Waals surface area contributed by atoms with Crippen molar-refractivity contribution >= 4 is 11.4 Å².